The first kappa shape index (κ1) is 16.7. The summed E-state index contributed by atoms with van der Waals surface area (Å²) in [7, 11) is -3.88. The SMILES string of the molecule is O=C(O)C#CC1CCCN(S(=O)(=O)c2cc(F)cc(Cl)c2)C1. The summed E-state index contributed by atoms with van der Waals surface area (Å²) in [5.74, 6) is 2.21. The number of carboxylic acid groups (broad SMARTS) is 1. The molecule has 1 aliphatic rings. The van der Waals surface area contributed by atoms with Crippen molar-refractivity contribution in [3.63, 3.8) is 0 Å². The number of carbonyl (C=O) groups is 1. The fourth-order valence-electron chi connectivity index (χ4n) is 2.27. The molecule has 1 heterocycles. The molecule has 0 aromatic heterocycles. The third-order valence-corrected chi connectivity index (χ3v) is 5.30. The largest absolute Gasteiger partial charge is 0.472 e. The van der Waals surface area contributed by atoms with E-state index in [1.165, 1.54) is 10.4 Å². The number of benzene rings is 1. The second-order valence-corrected chi connectivity index (χ2v) is 7.26. The third kappa shape index (κ3) is 3.97. The molecule has 0 aliphatic carbocycles. The monoisotopic (exact) mass is 345 g/mol. The highest BCUT2D eigenvalue weighted by Gasteiger charge is 2.30. The predicted octanol–water partition coefficient (Wildman–Crippen LogP) is 1.97. The molecule has 0 spiro atoms. The molecule has 1 saturated heterocycles. The van der Waals surface area contributed by atoms with Crippen molar-refractivity contribution in [1.29, 1.82) is 0 Å². The fraction of sp³-hybridized carbons (Fsp3) is 0.357. The molecule has 5 nitrogen and oxygen atoms in total. The molecule has 1 atom stereocenters. The zero-order valence-electron chi connectivity index (χ0n) is 11.4. The van der Waals surface area contributed by atoms with Crippen LogP contribution in [0.25, 0.3) is 0 Å². The number of carboxylic acids is 1. The number of rotatable bonds is 2. The number of sulfonamides is 1. The first-order valence-electron chi connectivity index (χ1n) is 6.50. The van der Waals surface area contributed by atoms with Gasteiger partial charge >= 0.3 is 5.97 Å². The van der Waals surface area contributed by atoms with Crippen molar-refractivity contribution in [3.8, 4) is 11.8 Å². The normalized spacial score (nSPS) is 19.3. The van der Waals surface area contributed by atoms with E-state index in [0.717, 1.165) is 12.1 Å². The van der Waals surface area contributed by atoms with Gasteiger partial charge in [0, 0.05) is 30.0 Å². The average molecular weight is 346 g/mol. The Hall–Kier alpha value is -1.62. The Balaban J connectivity index is 2.26. The van der Waals surface area contributed by atoms with Crippen molar-refractivity contribution in [2.75, 3.05) is 13.1 Å². The van der Waals surface area contributed by atoms with Gasteiger partial charge in [-0.25, -0.2) is 17.6 Å². The van der Waals surface area contributed by atoms with E-state index in [4.69, 9.17) is 16.7 Å². The van der Waals surface area contributed by atoms with Gasteiger partial charge in [0.1, 0.15) is 5.82 Å². The summed E-state index contributed by atoms with van der Waals surface area (Å²) in [5.41, 5.74) is 0. The number of halogens is 2. The van der Waals surface area contributed by atoms with Crippen LogP contribution in [0.1, 0.15) is 12.8 Å². The lowest BCUT2D eigenvalue weighted by Crippen LogP contribution is -2.39. The zero-order valence-corrected chi connectivity index (χ0v) is 13.0. The molecule has 1 N–H and O–H groups in total. The molecule has 1 fully saturated rings. The number of aliphatic carboxylic acids is 1. The quantitative estimate of drug-likeness (QED) is 0.832. The lowest BCUT2D eigenvalue weighted by Gasteiger charge is -2.29. The maximum atomic E-state index is 13.4. The standard InChI is InChI=1S/C14H13ClFNO4S/c15-11-6-12(16)8-13(7-11)22(20,21)17-5-1-2-10(9-17)3-4-14(18)19/h6-8,10H,1-2,5,9H2,(H,18,19). The molecule has 2 rings (SSSR count). The van der Waals surface area contributed by atoms with Gasteiger partial charge < -0.3 is 5.11 Å². The first-order chi connectivity index (χ1) is 10.3. The Morgan fingerprint density at radius 2 is 2.14 bits per heavy atom. The molecule has 0 radical (unpaired) electrons. The maximum absolute atomic E-state index is 13.4. The Morgan fingerprint density at radius 1 is 1.41 bits per heavy atom. The highest BCUT2D eigenvalue weighted by molar-refractivity contribution is 7.89. The van der Waals surface area contributed by atoms with Crippen LogP contribution in [0.3, 0.4) is 0 Å². The summed E-state index contributed by atoms with van der Waals surface area (Å²) in [6.07, 6.45) is 1.18. The van der Waals surface area contributed by atoms with E-state index >= 15 is 0 Å². The van der Waals surface area contributed by atoms with Crippen molar-refractivity contribution < 1.29 is 22.7 Å². The molecule has 0 saturated carbocycles. The van der Waals surface area contributed by atoms with E-state index in [1.807, 2.05) is 5.92 Å². The minimum absolute atomic E-state index is 0.00203. The van der Waals surface area contributed by atoms with Gasteiger partial charge in [-0.15, -0.1) is 0 Å². The predicted molar refractivity (Wildman–Crippen MR) is 78.3 cm³/mol. The second kappa shape index (κ2) is 6.65. The highest BCUT2D eigenvalue weighted by atomic mass is 35.5. The minimum atomic E-state index is -3.88. The smallest absolute Gasteiger partial charge is 0.381 e. The van der Waals surface area contributed by atoms with E-state index in [1.54, 1.807) is 0 Å². The minimum Gasteiger partial charge on any atom is -0.472 e. The summed E-state index contributed by atoms with van der Waals surface area (Å²) < 4.78 is 39.6. The molecule has 118 valence electrons. The molecule has 0 amide bonds. The lowest BCUT2D eigenvalue weighted by atomic mass is 10.0. The van der Waals surface area contributed by atoms with E-state index in [-0.39, 0.29) is 28.9 Å². The van der Waals surface area contributed by atoms with Gasteiger partial charge in [-0.3, -0.25) is 0 Å². The summed E-state index contributed by atoms with van der Waals surface area (Å²) in [5, 5.41) is 8.55. The number of nitrogens with zero attached hydrogens (tertiary/aromatic N) is 1. The molecular formula is C14H13ClFNO4S. The molecule has 0 bridgehead atoms. The van der Waals surface area contributed by atoms with Crippen LogP contribution in [-0.2, 0) is 14.8 Å². The molecule has 1 aliphatic heterocycles. The lowest BCUT2D eigenvalue weighted by molar-refractivity contribution is -0.130. The highest BCUT2D eigenvalue weighted by Crippen LogP contribution is 2.25. The van der Waals surface area contributed by atoms with Gasteiger partial charge in [0.25, 0.3) is 0 Å². The molecule has 1 unspecified atom stereocenters. The van der Waals surface area contributed by atoms with Crippen molar-refractivity contribution in [2.24, 2.45) is 5.92 Å². The van der Waals surface area contributed by atoms with Crippen LogP contribution < -0.4 is 0 Å². The summed E-state index contributed by atoms with van der Waals surface area (Å²) in [6.45, 7) is 0.360. The Kier molecular flexibility index (Phi) is 5.06. The number of hydrogen-bond donors (Lipinski definition) is 1. The first-order valence-corrected chi connectivity index (χ1v) is 8.31. The summed E-state index contributed by atoms with van der Waals surface area (Å²) in [4.78, 5) is 10.2. The van der Waals surface area contributed by atoms with Gasteiger partial charge in [0.2, 0.25) is 10.0 Å². The number of hydrogen-bond acceptors (Lipinski definition) is 3. The molecule has 8 heteroatoms. The average Bonchev–Trinajstić information content (AvgIpc) is 2.44. The number of piperidine rings is 1. The van der Waals surface area contributed by atoms with Crippen LogP contribution in [0.15, 0.2) is 23.1 Å². The fourth-order valence-corrected chi connectivity index (χ4v) is 4.14. The van der Waals surface area contributed by atoms with Crippen LogP contribution in [0.2, 0.25) is 5.02 Å². The Bertz CT molecular complexity index is 734. The van der Waals surface area contributed by atoms with Crippen LogP contribution in [-0.4, -0.2) is 36.9 Å². The van der Waals surface area contributed by atoms with Crippen LogP contribution in [0, 0.1) is 23.6 Å². The van der Waals surface area contributed by atoms with Crippen molar-refractivity contribution >= 4 is 27.6 Å². The molecule has 22 heavy (non-hydrogen) atoms. The second-order valence-electron chi connectivity index (χ2n) is 4.88. The van der Waals surface area contributed by atoms with Gasteiger partial charge in [-0.2, -0.15) is 4.31 Å². The Labute approximate surface area is 132 Å². The third-order valence-electron chi connectivity index (χ3n) is 3.24. The van der Waals surface area contributed by atoms with E-state index in [9.17, 15) is 17.6 Å². The maximum Gasteiger partial charge on any atom is 0.381 e. The van der Waals surface area contributed by atoms with Gasteiger partial charge in [0.05, 0.1) is 4.90 Å². The topological polar surface area (TPSA) is 74.7 Å². The van der Waals surface area contributed by atoms with E-state index in [0.29, 0.717) is 12.8 Å². The Morgan fingerprint density at radius 3 is 2.77 bits per heavy atom. The summed E-state index contributed by atoms with van der Waals surface area (Å²) in [6, 6.07) is 3.12. The van der Waals surface area contributed by atoms with E-state index in [2.05, 4.69) is 5.92 Å². The van der Waals surface area contributed by atoms with Gasteiger partial charge in [-0.05, 0) is 31.0 Å². The summed E-state index contributed by atoms with van der Waals surface area (Å²) >= 11 is 5.70. The van der Waals surface area contributed by atoms with Crippen molar-refractivity contribution in [1.82, 2.24) is 4.31 Å². The molecule has 1 aromatic carbocycles. The molecule has 1 aromatic rings. The zero-order chi connectivity index (χ0) is 16.3. The van der Waals surface area contributed by atoms with Crippen molar-refractivity contribution in [2.45, 2.75) is 17.7 Å². The van der Waals surface area contributed by atoms with Gasteiger partial charge in [-0.1, -0.05) is 17.5 Å². The van der Waals surface area contributed by atoms with Crippen LogP contribution in [0.5, 0.6) is 0 Å². The van der Waals surface area contributed by atoms with Crippen LogP contribution >= 0.6 is 11.6 Å². The van der Waals surface area contributed by atoms with E-state index < -0.39 is 21.8 Å². The van der Waals surface area contributed by atoms with Crippen molar-refractivity contribution in [3.05, 3.63) is 29.0 Å². The molecular weight excluding hydrogens is 333 g/mol. The van der Waals surface area contributed by atoms with Gasteiger partial charge in [0.15, 0.2) is 0 Å². The van der Waals surface area contributed by atoms with Crippen LogP contribution in [0.4, 0.5) is 4.39 Å².